The second-order valence-electron chi connectivity index (χ2n) is 10.9. The van der Waals surface area contributed by atoms with Gasteiger partial charge in [0.1, 0.15) is 28.6 Å². The zero-order chi connectivity index (χ0) is 29.1. The zero-order valence-corrected chi connectivity index (χ0v) is 22.5. The van der Waals surface area contributed by atoms with Crippen LogP contribution in [0.5, 0.6) is 11.5 Å². The number of Topliss-reactive ketones (excluding diaryl/α,β-unsaturated/α-hetero) is 2. The van der Waals surface area contributed by atoms with Gasteiger partial charge in [-0.3, -0.25) is 19.3 Å². The molecule has 4 unspecified atom stereocenters. The number of likely N-dealkylation sites (N-methyl/N-ethyl adjacent to an activating group) is 1. The Labute approximate surface area is 231 Å². The number of phenols is 1. The number of fused-ring (bicyclic) bond motifs is 3. The van der Waals surface area contributed by atoms with Crippen LogP contribution in [0.15, 0.2) is 59.1 Å². The van der Waals surface area contributed by atoms with Crippen LogP contribution in [0.1, 0.15) is 33.5 Å². The molecule has 0 spiro atoms. The molecule has 0 aliphatic heterocycles. The van der Waals surface area contributed by atoms with E-state index in [0.717, 1.165) is 16.9 Å². The van der Waals surface area contributed by atoms with Crippen LogP contribution in [0.3, 0.4) is 0 Å². The number of phenolic OH excluding ortho intramolecular Hbond substituents is 1. The summed E-state index contributed by atoms with van der Waals surface area (Å²) in [4.78, 5) is 40.8. The molecule has 3 aliphatic carbocycles. The minimum atomic E-state index is -2.65. The van der Waals surface area contributed by atoms with E-state index in [1.807, 2.05) is 24.3 Å². The fourth-order valence-electron chi connectivity index (χ4n) is 6.66. The smallest absolute Gasteiger partial charge is 0.255 e. The molecule has 3 aliphatic rings. The van der Waals surface area contributed by atoms with Crippen molar-refractivity contribution in [1.29, 1.82) is 0 Å². The molecular weight excluding hydrogens is 516 g/mol. The summed E-state index contributed by atoms with van der Waals surface area (Å²) in [7, 11) is 4.79. The number of carbonyl (C=O) groups is 3. The predicted octanol–water partition coefficient (Wildman–Crippen LogP) is 1.91. The highest BCUT2D eigenvalue weighted by molar-refractivity contribution is 6.24. The van der Waals surface area contributed by atoms with Gasteiger partial charge in [-0.15, -0.1) is 0 Å². The summed E-state index contributed by atoms with van der Waals surface area (Å²) in [6.07, 6.45) is 1.53. The highest BCUT2D eigenvalue weighted by atomic mass is 16.5. The minimum absolute atomic E-state index is 0.0175. The number of aryl methyl sites for hydroxylation is 2. The first kappa shape index (κ1) is 27.4. The normalized spacial score (nSPS) is 26.0. The first-order valence-corrected chi connectivity index (χ1v) is 13.0. The minimum Gasteiger partial charge on any atom is -0.510 e. The van der Waals surface area contributed by atoms with Gasteiger partial charge >= 0.3 is 0 Å². The monoisotopic (exact) mass is 548 g/mol. The van der Waals surface area contributed by atoms with Gasteiger partial charge in [-0.2, -0.15) is 0 Å². The number of benzene rings is 2. The van der Waals surface area contributed by atoms with E-state index in [1.165, 1.54) is 11.0 Å². The van der Waals surface area contributed by atoms with Crippen LogP contribution in [0.2, 0.25) is 0 Å². The van der Waals surface area contributed by atoms with Gasteiger partial charge in [0.25, 0.3) is 5.91 Å². The van der Waals surface area contributed by atoms with Crippen LogP contribution < -0.4 is 10.5 Å². The number of ether oxygens (including phenoxy) is 1. The summed E-state index contributed by atoms with van der Waals surface area (Å²) in [6.45, 7) is 0. The molecule has 0 bridgehead atoms. The lowest BCUT2D eigenvalue weighted by Crippen LogP contribution is -2.63. The first-order valence-electron chi connectivity index (χ1n) is 13.0. The SMILES string of the molecule is COc1cccc(CCc2ccc(O)c3c2CC2CC4C(N(C)C)C(O)=C(C(N)=O)C(=O)C4(O)C(O)=C2C3=O)c1. The number of carbonyl (C=O) groups excluding carboxylic acids is 3. The molecule has 4 atom stereocenters. The lowest BCUT2D eigenvalue weighted by atomic mass is 9.58. The molecule has 210 valence electrons. The Morgan fingerprint density at radius 1 is 1.12 bits per heavy atom. The van der Waals surface area contributed by atoms with Crippen LogP contribution in [-0.4, -0.2) is 75.6 Å². The average molecular weight is 549 g/mol. The molecule has 1 amide bonds. The molecule has 0 radical (unpaired) electrons. The Hall–Kier alpha value is -4.15. The van der Waals surface area contributed by atoms with Gasteiger partial charge in [-0.1, -0.05) is 18.2 Å². The maximum Gasteiger partial charge on any atom is 0.255 e. The van der Waals surface area contributed by atoms with E-state index in [-0.39, 0.29) is 29.7 Å². The second kappa shape index (κ2) is 9.79. The molecule has 10 nitrogen and oxygen atoms in total. The van der Waals surface area contributed by atoms with Crippen molar-refractivity contribution in [2.24, 2.45) is 17.6 Å². The molecule has 40 heavy (non-hydrogen) atoms. The van der Waals surface area contributed by atoms with Gasteiger partial charge in [-0.25, -0.2) is 0 Å². The quantitative estimate of drug-likeness (QED) is 0.338. The molecule has 5 rings (SSSR count). The highest BCUT2D eigenvalue weighted by Crippen LogP contribution is 2.52. The van der Waals surface area contributed by atoms with Crippen LogP contribution >= 0.6 is 0 Å². The van der Waals surface area contributed by atoms with Crippen molar-refractivity contribution in [2.75, 3.05) is 21.2 Å². The van der Waals surface area contributed by atoms with Crippen LogP contribution in [0.25, 0.3) is 0 Å². The Balaban J connectivity index is 1.59. The number of nitrogens with zero attached hydrogens (tertiary/aromatic N) is 1. The summed E-state index contributed by atoms with van der Waals surface area (Å²) < 4.78 is 5.31. The number of methoxy groups -OCH3 is 1. The molecule has 10 heteroatoms. The van der Waals surface area contributed by atoms with E-state index in [9.17, 15) is 34.8 Å². The van der Waals surface area contributed by atoms with Crippen molar-refractivity contribution >= 4 is 17.5 Å². The zero-order valence-electron chi connectivity index (χ0n) is 22.5. The third-order valence-corrected chi connectivity index (χ3v) is 8.52. The Morgan fingerprint density at radius 3 is 2.50 bits per heavy atom. The molecule has 0 fully saturated rings. The van der Waals surface area contributed by atoms with Crippen molar-refractivity contribution in [3.63, 3.8) is 0 Å². The number of hydrogen-bond acceptors (Lipinski definition) is 9. The van der Waals surface area contributed by atoms with Gasteiger partial charge in [0.15, 0.2) is 11.4 Å². The second-order valence-corrected chi connectivity index (χ2v) is 10.9. The summed E-state index contributed by atoms with van der Waals surface area (Å²) in [5.41, 5.74) is 4.28. The van der Waals surface area contributed by atoms with Crippen molar-refractivity contribution < 1.29 is 39.5 Å². The Bertz CT molecular complexity index is 1510. The number of aliphatic hydroxyl groups excluding tert-OH is 2. The van der Waals surface area contributed by atoms with E-state index in [2.05, 4.69) is 0 Å². The molecule has 0 heterocycles. The van der Waals surface area contributed by atoms with E-state index in [0.29, 0.717) is 18.4 Å². The third kappa shape index (κ3) is 3.98. The van der Waals surface area contributed by atoms with Crippen molar-refractivity contribution in [3.05, 3.63) is 81.3 Å². The summed E-state index contributed by atoms with van der Waals surface area (Å²) in [5, 5.41) is 44.7. The van der Waals surface area contributed by atoms with Gasteiger partial charge in [-0.05, 0) is 80.6 Å². The van der Waals surface area contributed by atoms with Gasteiger partial charge in [0.05, 0.1) is 18.7 Å². The Morgan fingerprint density at radius 2 is 1.85 bits per heavy atom. The largest absolute Gasteiger partial charge is 0.510 e. The van der Waals surface area contributed by atoms with Crippen molar-refractivity contribution in [1.82, 2.24) is 4.90 Å². The molecule has 2 aromatic carbocycles. The number of nitrogens with two attached hydrogens (primary N) is 1. The predicted molar refractivity (Wildman–Crippen MR) is 144 cm³/mol. The van der Waals surface area contributed by atoms with E-state index in [1.54, 1.807) is 27.3 Å². The first-order chi connectivity index (χ1) is 18.9. The van der Waals surface area contributed by atoms with Crippen LogP contribution in [0, 0.1) is 11.8 Å². The molecule has 0 saturated carbocycles. The number of ketones is 2. The van der Waals surface area contributed by atoms with Gasteiger partial charge < -0.3 is 30.9 Å². The molecular formula is C30H32N2O8. The maximum absolute atomic E-state index is 13.8. The van der Waals surface area contributed by atoms with E-state index < -0.39 is 58.0 Å². The number of hydrogen-bond donors (Lipinski definition) is 5. The Kier molecular flexibility index (Phi) is 6.71. The molecule has 0 aromatic heterocycles. The molecule has 0 saturated heterocycles. The summed E-state index contributed by atoms with van der Waals surface area (Å²) in [6, 6.07) is 9.83. The van der Waals surface area contributed by atoms with E-state index in [4.69, 9.17) is 10.5 Å². The van der Waals surface area contributed by atoms with Crippen LogP contribution in [-0.2, 0) is 28.9 Å². The number of amides is 1. The fraction of sp³-hybridized carbons (Fsp3) is 0.367. The fourth-order valence-corrected chi connectivity index (χ4v) is 6.66. The third-order valence-electron chi connectivity index (χ3n) is 8.52. The van der Waals surface area contributed by atoms with Crippen LogP contribution in [0.4, 0.5) is 0 Å². The molecule has 2 aromatic rings. The van der Waals surface area contributed by atoms with Gasteiger partial charge in [0, 0.05) is 11.5 Å². The number of rotatable bonds is 6. The summed E-state index contributed by atoms with van der Waals surface area (Å²) in [5.74, 6) is -5.85. The maximum atomic E-state index is 13.8. The van der Waals surface area contributed by atoms with Crippen molar-refractivity contribution in [2.45, 2.75) is 37.3 Å². The number of primary amides is 1. The highest BCUT2D eigenvalue weighted by Gasteiger charge is 2.63. The van der Waals surface area contributed by atoms with E-state index >= 15 is 0 Å². The summed E-state index contributed by atoms with van der Waals surface area (Å²) >= 11 is 0. The topological polar surface area (TPSA) is 171 Å². The number of allylic oxidation sites excluding steroid dienone is 1. The average Bonchev–Trinajstić information content (AvgIpc) is 2.90. The number of aromatic hydroxyl groups is 1. The van der Waals surface area contributed by atoms with Crippen molar-refractivity contribution in [3.8, 4) is 11.5 Å². The lowest BCUT2D eigenvalue weighted by molar-refractivity contribution is -0.148. The lowest BCUT2D eigenvalue weighted by Gasteiger charge is -2.50. The standard InChI is InChI=1S/C30H32N2O8/c1-32(2)24-19-13-16-12-18-15(8-7-14-5-4-6-17(11-14)40-3)9-10-20(33)22(18)25(34)21(16)27(36)30(19,39)28(37)23(26(24)35)29(31)38/h4-6,9-11,16,19,24,33,35-36,39H,7-8,12-13H2,1-3H3,(H2,31,38). The number of aliphatic hydroxyl groups is 3. The van der Waals surface area contributed by atoms with Gasteiger partial charge in [0.2, 0.25) is 5.78 Å². The molecule has 6 N–H and O–H groups in total.